The van der Waals surface area contributed by atoms with Crippen molar-refractivity contribution < 1.29 is 23.8 Å². The lowest BCUT2D eigenvalue weighted by molar-refractivity contribution is -0.142. The summed E-state index contributed by atoms with van der Waals surface area (Å²) in [5.41, 5.74) is 3.08. The van der Waals surface area contributed by atoms with E-state index in [1.54, 1.807) is 48.3 Å². The molecule has 0 fully saturated rings. The third kappa shape index (κ3) is 9.91. The van der Waals surface area contributed by atoms with Gasteiger partial charge in [-0.1, -0.05) is 54.1 Å². The van der Waals surface area contributed by atoms with E-state index in [1.165, 1.54) is 0 Å². The first kappa shape index (κ1) is 31.7. The summed E-state index contributed by atoms with van der Waals surface area (Å²) >= 11 is 5.96. The number of rotatable bonds is 16. The van der Waals surface area contributed by atoms with Crippen LogP contribution >= 0.6 is 11.6 Å². The Morgan fingerprint density at radius 2 is 1.56 bits per heavy atom. The average Bonchev–Trinajstić information content (AvgIpc) is 3.46. The number of halogens is 1. The van der Waals surface area contributed by atoms with Gasteiger partial charge in [-0.25, -0.2) is 0 Å². The van der Waals surface area contributed by atoms with E-state index in [0.29, 0.717) is 50.0 Å². The Labute approximate surface area is 258 Å². The number of hydrogen-bond acceptors (Lipinski definition) is 5. The number of carbonyl (C=O) groups is 2. The highest BCUT2D eigenvalue weighted by Gasteiger charge is 2.23. The fraction of sp³-hybridized carbons (Fsp3) is 0.294. The van der Waals surface area contributed by atoms with E-state index in [4.69, 9.17) is 25.8 Å². The summed E-state index contributed by atoms with van der Waals surface area (Å²) in [7, 11) is 3.27. The SMILES string of the molecule is COCCCN(CC(=O)N(Cc1ccccc1)Cc1cccn1Cc1cccc(OC)c1)C(=O)COc1ccc(Cl)cc1. The second-order valence-electron chi connectivity index (χ2n) is 10.1. The molecule has 2 amide bonds. The van der Waals surface area contributed by atoms with Crippen LogP contribution in [0.4, 0.5) is 0 Å². The van der Waals surface area contributed by atoms with Gasteiger partial charge in [-0.3, -0.25) is 9.59 Å². The van der Waals surface area contributed by atoms with Gasteiger partial charge in [0.15, 0.2) is 6.61 Å². The number of carbonyl (C=O) groups excluding carboxylic acids is 2. The summed E-state index contributed by atoms with van der Waals surface area (Å²) in [6.45, 7) is 2.00. The Hall–Kier alpha value is -4.27. The third-order valence-electron chi connectivity index (χ3n) is 6.96. The van der Waals surface area contributed by atoms with E-state index in [9.17, 15) is 9.59 Å². The zero-order valence-corrected chi connectivity index (χ0v) is 25.4. The Kier molecular flexibility index (Phi) is 12.1. The molecule has 43 heavy (non-hydrogen) atoms. The average molecular weight is 604 g/mol. The number of methoxy groups -OCH3 is 2. The van der Waals surface area contributed by atoms with Gasteiger partial charge in [-0.15, -0.1) is 0 Å². The lowest BCUT2D eigenvalue weighted by atomic mass is 10.2. The Bertz CT molecular complexity index is 1440. The summed E-state index contributed by atoms with van der Waals surface area (Å²) in [6.07, 6.45) is 2.60. The Morgan fingerprint density at radius 3 is 2.30 bits per heavy atom. The second kappa shape index (κ2) is 16.4. The minimum absolute atomic E-state index is 0.0735. The molecule has 0 aliphatic carbocycles. The quantitative estimate of drug-likeness (QED) is 0.154. The van der Waals surface area contributed by atoms with Crippen LogP contribution in [-0.2, 0) is 34.0 Å². The zero-order chi connectivity index (χ0) is 30.4. The molecule has 4 aromatic rings. The third-order valence-corrected chi connectivity index (χ3v) is 7.22. The predicted octanol–water partition coefficient (Wildman–Crippen LogP) is 5.67. The normalized spacial score (nSPS) is 10.8. The van der Waals surface area contributed by atoms with Crippen LogP contribution in [0.5, 0.6) is 11.5 Å². The summed E-state index contributed by atoms with van der Waals surface area (Å²) in [6, 6.07) is 28.6. The van der Waals surface area contributed by atoms with Crippen molar-refractivity contribution in [3.8, 4) is 11.5 Å². The first-order valence-corrected chi connectivity index (χ1v) is 14.6. The van der Waals surface area contributed by atoms with Gasteiger partial charge in [0.2, 0.25) is 5.91 Å². The summed E-state index contributed by atoms with van der Waals surface area (Å²) < 4.78 is 18.4. The fourth-order valence-corrected chi connectivity index (χ4v) is 4.79. The maximum Gasteiger partial charge on any atom is 0.260 e. The Morgan fingerprint density at radius 1 is 0.791 bits per heavy atom. The molecule has 9 heteroatoms. The minimum atomic E-state index is -0.277. The maximum absolute atomic E-state index is 13.9. The van der Waals surface area contributed by atoms with Crippen molar-refractivity contribution in [1.29, 1.82) is 0 Å². The lowest BCUT2D eigenvalue weighted by Crippen LogP contribution is -2.44. The van der Waals surface area contributed by atoms with Gasteiger partial charge in [-0.2, -0.15) is 0 Å². The van der Waals surface area contributed by atoms with Crippen LogP contribution in [0.25, 0.3) is 0 Å². The Balaban J connectivity index is 1.50. The zero-order valence-electron chi connectivity index (χ0n) is 24.7. The molecule has 4 rings (SSSR count). The maximum atomic E-state index is 13.9. The first-order chi connectivity index (χ1) is 20.9. The molecule has 8 nitrogen and oxygen atoms in total. The van der Waals surface area contributed by atoms with Crippen LogP contribution in [-0.4, -0.2) is 66.7 Å². The van der Waals surface area contributed by atoms with Crippen molar-refractivity contribution in [2.45, 2.75) is 26.1 Å². The molecule has 1 aromatic heterocycles. The molecule has 0 aliphatic rings. The standard InChI is InChI=1S/C34H38ClN3O5/c1-41-20-8-19-37(34(40)26-43-31-16-14-29(35)15-17-31)25-33(39)38(22-27-9-4-3-5-10-27)24-30-12-7-18-36(30)23-28-11-6-13-32(21-28)42-2/h3-7,9-18,21H,8,19-20,22-26H2,1-2H3. The van der Waals surface area contributed by atoms with Gasteiger partial charge < -0.3 is 28.6 Å². The largest absolute Gasteiger partial charge is 0.497 e. The number of aromatic nitrogens is 1. The molecule has 0 unspecified atom stereocenters. The van der Waals surface area contributed by atoms with Crippen molar-refractivity contribution in [3.05, 3.63) is 119 Å². The number of ether oxygens (including phenoxy) is 3. The lowest BCUT2D eigenvalue weighted by Gasteiger charge is -2.28. The molecule has 0 radical (unpaired) electrons. The number of nitrogens with zero attached hydrogens (tertiary/aromatic N) is 3. The monoisotopic (exact) mass is 603 g/mol. The van der Waals surface area contributed by atoms with Crippen molar-refractivity contribution in [3.63, 3.8) is 0 Å². The predicted molar refractivity (Wildman–Crippen MR) is 167 cm³/mol. The van der Waals surface area contributed by atoms with Crippen LogP contribution in [0.2, 0.25) is 5.02 Å². The molecule has 0 atom stereocenters. The number of hydrogen-bond donors (Lipinski definition) is 0. The molecule has 0 saturated carbocycles. The fourth-order valence-electron chi connectivity index (χ4n) is 4.67. The van der Waals surface area contributed by atoms with Gasteiger partial charge in [0.05, 0.1) is 20.2 Å². The van der Waals surface area contributed by atoms with Crippen LogP contribution < -0.4 is 9.47 Å². The minimum Gasteiger partial charge on any atom is -0.497 e. The van der Waals surface area contributed by atoms with Crippen LogP contribution in [0.3, 0.4) is 0 Å². The van der Waals surface area contributed by atoms with Gasteiger partial charge >= 0.3 is 0 Å². The summed E-state index contributed by atoms with van der Waals surface area (Å²) in [5, 5.41) is 0.582. The highest BCUT2D eigenvalue weighted by Crippen LogP contribution is 2.18. The summed E-state index contributed by atoms with van der Waals surface area (Å²) in [4.78, 5) is 30.5. The molecule has 0 spiro atoms. The van der Waals surface area contributed by atoms with E-state index in [2.05, 4.69) is 10.6 Å². The molecule has 0 bridgehead atoms. The van der Waals surface area contributed by atoms with Gasteiger partial charge in [0.1, 0.15) is 11.5 Å². The highest BCUT2D eigenvalue weighted by molar-refractivity contribution is 6.30. The molecule has 0 aliphatic heterocycles. The second-order valence-corrected chi connectivity index (χ2v) is 10.6. The van der Waals surface area contributed by atoms with E-state index >= 15 is 0 Å². The molecule has 1 heterocycles. The molecule has 226 valence electrons. The molecule has 3 aromatic carbocycles. The van der Waals surface area contributed by atoms with Gasteiger partial charge in [-0.05, 0) is 66.1 Å². The number of amides is 2. The van der Waals surface area contributed by atoms with Crippen molar-refractivity contribution in [2.75, 3.05) is 40.5 Å². The van der Waals surface area contributed by atoms with Crippen molar-refractivity contribution >= 4 is 23.4 Å². The smallest absolute Gasteiger partial charge is 0.260 e. The van der Waals surface area contributed by atoms with Crippen molar-refractivity contribution in [1.82, 2.24) is 14.4 Å². The molecular weight excluding hydrogens is 566 g/mol. The van der Waals surface area contributed by atoms with Crippen LogP contribution in [0, 0.1) is 0 Å². The van der Waals surface area contributed by atoms with Crippen LogP contribution in [0.15, 0.2) is 97.2 Å². The van der Waals surface area contributed by atoms with Gasteiger partial charge in [0.25, 0.3) is 5.91 Å². The highest BCUT2D eigenvalue weighted by atomic mass is 35.5. The van der Waals surface area contributed by atoms with E-state index in [0.717, 1.165) is 22.6 Å². The summed E-state index contributed by atoms with van der Waals surface area (Å²) in [5.74, 6) is 0.893. The molecule has 0 N–H and O–H groups in total. The first-order valence-electron chi connectivity index (χ1n) is 14.2. The van der Waals surface area contributed by atoms with E-state index < -0.39 is 0 Å². The van der Waals surface area contributed by atoms with E-state index in [1.807, 2.05) is 66.9 Å². The van der Waals surface area contributed by atoms with E-state index in [-0.39, 0.29) is 25.0 Å². The van der Waals surface area contributed by atoms with Gasteiger partial charge in [0, 0.05) is 50.3 Å². The van der Waals surface area contributed by atoms with Crippen molar-refractivity contribution in [2.24, 2.45) is 0 Å². The topological polar surface area (TPSA) is 73.2 Å². The number of benzene rings is 3. The molecule has 0 saturated heterocycles. The molecular formula is C34H38ClN3O5. The van der Waals surface area contributed by atoms with Crippen LogP contribution in [0.1, 0.15) is 23.2 Å².